The first-order valence-corrected chi connectivity index (χ1v) is 13.9. The molecular formula is C32H34N6O2. The third-order valence-corrected chi connectivity index (χ3v) is 6.72. The number of carbonyl (C=O) groups excluding carboxylic acids is 1. The van der Waals surface area contributed by atoms with Crippen LogP contribution in [-0.4, -0.2) is 44.1 Å². The zero-order chi connectivity index (χ0) is 27.7. The Bertz CT molecular complexity index is 1540. The number of pyridine rings is 2. The summed E-state index contributed by atoms with van der Waals surface area (Å²) >= 11 is 0. The van der Waals surface area contributed by atoms with Crippen molar-refractivity contribution in [2.75, 3.05) is 18.4 Å². The van der Waals surface area contributed by atoms with E-state index in [1.165, 1.54) is 19.3 Å². The van der Waals surface area contributed by atoms with Gasteiger partial charge in [-0.15, -0.1) is 0 Å². The second kappa shape index (κ2) is 13.0. The van der Waals surface area contributed by atoms with E-state index in [1.807, 2.05) is 80.6 Å². The van der Waals surface area contributed by atoms with Gasteiger partial charge in [-0.2, -0.15) is 5.10 Å². The first-order valence-electron chi connectivity index (χ1n) is 13.9. The van der Waals surface area contributed by atoms with Crippen molar-refractivity contribution in [1.29, 1.82) is 0 Å². The Kier molecular flexibility index (Phi) is 8.78. The van der Waals surface area contributed by atoms with Crippen molar-refractivity contribution >= 4 is 22.5 Å². The molecule has 0 aliphatic carbocycles. The number of likely N-dealkylation sites (tertiary alicyclic amines) is 1. The summed E-state index contributed by atoms with van der Waals surface area (Å²) in [7, 11) is 0. The van der Waals surface area contributed by atoms with Crippen molar-refractivity contribution in [1.82, 2.24) is 25.1 Å². The van der Waals surface area contributed by atoms with Crippen LogP contribution in [0.3, 0.4) is 0 Å². The lowest BCUT2D eigenvalue weighted by Crippen LogP contribution is -2.29. The predicted molar refractivity (Wildman–Crippen MR) is 159 cm³/mol. The standard InChI is InChI=1S/C30H28N6O2.C2H6/c37-30(33-23-10-11-24(32-18-23)20-36-13-5-2-6-14-36)29-27-16-21(9-12-28(27)34-35-29)22-15-26(19-31-17-22)38-25-7-3-1-4-8-25;1-2/h1,3-4,7-12,15-19H,2,5-6,13-14,20H2,(H,33,37)(H,34,35);1-2H3. The van der Waals surface area contributed by atoms with Crippen LogP contribution in [0.1, 0.15) is 49.3 Å². The van der Waals surface area contributed by atoms with Gasteiger partial charge in [-0.3, -0.25) is 24.8 Å². The molecule has 1 amide bonds. The number of aromatic nitrogens is 4. The second-order valence-electron chi connectivity index (χ2n) is 9.49. The number of nitrogens with zero attached hydrogens (tertiary/aromatic N) is 4. The molecule has 1 aliphatic heterocycles. The molecule has 1 saturated heterocycles. The van der Waals surface area contributed by atoms with Gasteiger partial charge in [0, 0.05) is 23.7 Å². The molecule has 204 valence electrons. The zero-order valence-electron chi connectivity index (χ0n) is 22.9. The molecule has 40 heavy (non-hydrogen) atoms. The van der Waals surface area contributed by atoms with Crippen molar-refractivity contribution in [3.05, 3.63) is 96.7 Å². The van der Waals surface area contributed by atoms with Gasteiger partial charge in [-0.1, -0.05) is 44.5 Å². The molecule has 6 rings (SSSR count). The lowest BCUT2D eigenvalue weighted by Gasteiger charge is -2.25. The van der Waals surface area contributed by atoms with E-state index in [-0.39, 0.29) is 5.91 Å². The summed E-state index contributed by atoms with van der Waals surface area (Å²) in [6.45, 7) is 7.08. The molecule has 8 heteroatoms. The SMILES string of the molecule is CC.O=C(Nc1ccc(CN2CCCCC2)nc1)c1n[nH]c2ccc(-c3cncc(Oc4ccccc4)c3)cc12. The number of hydrogen-bond acceptors (Lipinski definition) is 6. The number of para-hydroxylation sites is 1. The highest BCUT2D eigenvalue weighted by atomic mass is 16.5. The maximum atomic E-state index is 13.1. The van der Waals surface area contributed by atoms with Crippen LogP contribution in [0.25, 0.3) is 22.0 Å². The Morgan fingerprint density at radius 2 is 1.73 bits per heavy atom. The Morgan fingerprint density at radius 3 is 2.50 bits per heavy atom. The smallest absolute Gasteiger partial charge is 0.276 e. The van der Waals surface area contributed by atoms with Gasteiger partial charge < -0.3 is 10.1 Å². The monoisotopic (exact) mass is 534 g/mol. The molecule has 2 N–H and O–H groups in total. The first-order chi connectivity index (χ1) is 19.7. The van der Waals surface area contributed by atoms with Crippen molar-refractivity contribution in [3.8, 4) is 22.6 Å². The number of ether oxygens (including phenoxy) is 1. The molecule has 0 unspecified atom stereocenters. The number of aromatic amines is 1. The number of fused-ring (bicyclic) bond motifs is 1. The summed E-state index contributed by atoms with van der Waals surface area (Å²) in [5, 5.41) is 10.9. The van der Waals surface area contributed by atoms with Crippen molar-refractivity contribution in [3.63, 3.8) is 0 Å². The van der Waals surface area contributed by atoms with Crippen molar-refractivity contribution < 1.29 is 9.53 Å². The molecule has 8 nitrogen and oxygen atoms in total. The van der Waals surface area contributed by atoms with Gasteiger partial charge >= 0.3 is 0 Å². The number of amides is 1. The molecule has 0 atom stereocenters. The third kappa shape index (κ3) is 6.52. The fourth-order valence-corrected chi connectivity index (χ4v) is 4.75. The molecule has 2 aromatic carbocycles. The van der Waals surface area contributed by atoms with Crippen LogP contribution in [0, 0.1) is 0 Å². The van der Waals surface area contributed by atoms with E-state index in [4.69, 9.17) is 4.74 Å². The van der Waals surface area contributed by atoms with E-state index in [9.17, 15) is 4.79 Å². The highest BCUT2D eigenvalue weighted by Crippen LogP contribution is 2.29. The number of anilines is 1. The average molecular weight is 535 g/mol. The number of nitrogens with one attached hydrogen (secondary N) is 2. The molecule has 0 spiro atoms. The van der Waals surface area contributed by atoms with Crippen molar-refractivity contribution in [2.24, 2.45) is 0 Å². The third-order valence-electron chi connectivity index (χ3n) is 6.72. The average Bonchev–Trinajstić information content (AvgIpc) is 3.44. The molecule has 1 fully saturated rings. The van der Waals surface area contributed by atoms with Crippen LogP contribution in [0.5, 0.6) is 11.5 Å². The number of benzene rings is 2. The van der Waals surface area contributed by atoms with E-state index >= 15 is 0 Å². The fourth-order valence-electron chi connectivity index (χ4n) is 4.75. The summed E-state index contributed by atoms with van der Waals surface area (Å²) in [4.78, 5) is 24.5. The summed E-state index contributed by atoms with van der Waals surface area (Å²) in [5.74, 6) is 1.08. The van der Waals surface area contributed by atoms with Crippen LogP contribution >= 0.6 is 0 Å². The number of piperidine rings is 1. The Balaban J connectivity index is 0.00000158. The quantitative estimate of drug-likeness (QED) is 0.232. The van der Waals surface area contributed by atoms with Crippen LogP contribution in [-0.2, 0) is 6.54 Å². The molecular weight excluding hydrogens is 500 g/mol. The Labute approximate surface area is 234 Å². The van der Waals surface area contributed by atoms with Gasteiger partial charge in [0.05, 0.1) is 29.3 Å². The van der Waals surface area contributed by atoms with E-state index < -0.39 is 0 Å². The normalized spacial score (nSPS) is 13.3. The predicted octanol–water partition coefficient (Wildman–Crippen LogP) is 7.08. The maximum absolute atomic E-state index is 13.1. The van der Waals surface area contributed by atoms with Gasteiger partial charge in [0.25, 0.3) is 5.91 Å². The number of hydrogen-bond donors (Lipinski definition) is 2. The minimum atomic E-state index is -0.293. The van der Waals surface area contributed by atoms with Gasteiger partial charge in [-0.05, 0) is 74.0 Å². The molecule has 3 aromatic heterocycles. The van der Waals surface area contributed by atoms with E-state index in [0.29, 0.717) is 17.1 Å². The first kappa shape index (κ1) is 27.0. The highest BCUT2D eigenvalue weighted by molar-refractivity contribution is 6.11. The fraction of sp³-hybridized carbons (Fsp3) is 0.250. The minimum absolute atomic E-state index is 0.293. The van der Waals surface area contributed by atoms with E-state index in [0.717, 1.165) is 53.1 Å². The molecule has 0 saturated carbocycles. The Hall–Kier alpha value is -4.56. The van der Waals surface area contributed by atoms with Gasteiger partial charge in [0.2, 0.25) is 0 Å². The van der Waals surface area contributed by atoms with Gasteiger partial charge in [0.1, 0.15) is 11.5 Å². The van der Waals surface area contributed by atoms with Crippen LogP contribution in [0.2, 0.25) is 0 Å². The number of rotatable bonds is 7. The largest absolute Gasteiger partial charge is 0.456 e. The molecule has 1 aliphatic rings. The van der Waals surface area contributed by atoms with E-state index in [2.05, 4.69) is 30.4 Å². The Morgan fingerprint density at radius 1 is 0.900 bits per heavy atom. The second-order valence-corrected chi connectivity index (χ2v) is 9.49. The lowest BCUT2D eigenvalue weighted by atomic mass is 10.0. The molecule has 0 radical (unpaired) electrons. The zero-order valence-corrected chi connectivity index (χ0v) is 22.9. The topological polar surface area (TPSA) is 96.0 Å². The number of carbonyl (C=O) groups is 1. The van der Waals surface area contributed by atoms with Crippen LogP contribution in [0.4, 0.5) is 5.69 Å². The summed E-state index contributed by atoms with van der Waals surface area (Å²) in [6, 6.07) is 21.2. The molecule has 4 heterocycles. The lowest BCUT2D eigenvalue weighted by molar-refractivity contribution is 0.102. The highest BCUT2D eigenvalue weighted by Gasteiger charge is 2.16. The van der Waals surface area contributed by atoms with Crippen LogP contribution in [0.15, 0.2) is 85.3 Å². The minimum Gasteiger partial charge on any atom is -0.456 e. The number of H-pyrrole nitrogens is 1. The summed E-state index contributed by atoms with van der Waals surface area (Å²) in [5.41, 5.74) is 4.53. The molecule has 0 bridgehead atoms. The summed E-state index contributed by atoms with van der Waals surface area (Å²) in [6.07, 6.45) is 8.97. The van der Waals surface area contributed by atoms with Gasteiger partial charge in [-0.25, -0.2) is 0 Å². The van der Waals surface area contributed by atoms with E-state index in [1.54, 1.807) is 18.6 Å². The maximum Gasteiger partial charge on any atom is 0.276 e. The van der Waals surface area contributed by atoms with Crippen molar-refractivity contribution in [2.45, 2.75) is 39.7 Å². The summed E-state index contributed by atoms with van der Waals surface area (Å²) < 4.78 is 5.94. The molecule has 5 aromatic rings. The van der Waals surface area contributed by atoms with Gasteiger partial charge in [0.15, 0.2) is 5.69 Å². The van der Waals surface area contributed by atoms with Crippen LogP contribution < -0.4 is 10.1 Å².